The summed E-state index contributed by atoms with van der Waals surface area (Å²) in [6.45, 7) is 0. The summed E-state index contributed by atoms with van der Waals surface area (Å²) in [4.78, 5) is 28.1. The van der Waals surface area contributed by atoms with E-state index in [4.69, 9.17) is 9.47 Å². The Morgan fingerprint density at radius 3 is 2.33 bits per heavy atom. The number of nitrogens with one attached hydrogen (secondary N) is 2. The number of amides is 1. The van der Waals surface area contributed by atoms with Gasteiger partial charge in [-0.2, -0.15) is 9.97 Å². The summed E-state index contributed by atoms with van der Waals surface area (Å²) >= 11 is 0. The third-order valence-electron chi connectivity index (χ3n) is 2.45. The van der Waals surface area contributed by atoms with E-state index >= 15 is 0 Å². The highest BCUT2D eigenvalue weighted by molar-refractivity contribution is 6.01. The first-order valence-electron chi connectivity index (χ1n) is 5.94. The predicted octanol–water partition coefficient (Wildman–Crippen LogP) is 0.578. The average Bonchev–Trinajstić information content (AvgIpc) is 2.54. The number of nitrogens with zero attached hydrogens (tertiary/aromatic N) is 4. The minimum absolute atomic E-state index is 0.0489. The van der Waals surface area contributed by atoms with Gasteiger partial charge in [0.05, 0.1) is 32.7 Å². The Hall–Kier alpha value is -2.97. The summed E-state index contributed by atoms with van der Waals surface area (Å²) in [5.41, 5.74) is 0.132. The minimum atomic E-state index is -0.491. The molecule has 0 saturated heterocycles. The molecule has 0 spiro atoms. The molecule has 0 atom stereocenters. The van der Waals surface area contributed by atoms with Crippen molar-refractivity contribution in [1.29, 1.82) is 0 Å². The third-order valence-corrected chi connectivity index (χ3v) is 2.45. The summed E-state index contributed by atoms with van der Waals surface area (Å²) in [6.07, 6.45) is 2.84. The molecule has 0 aliphatic carbocycles. The van der Waals surface area contributed by atoms with Crippen molar-refractivity contribution in [2.45, 2.75) is 0 Å². The normalized spacial score (nSPS) is 9.86. The van der Waals surface area contributed by atoms with E-state index in [1.54, 1.807) is 7.05 Å². The lowest BCUT2D eigenvalue weighted by Crippen LogP contribution is -2.17. The Bertz CT molecular complexity index is 626. The summed E-state index contributed by atoms with van der Waals surface area (Å²) in [5.74, 6) is 0.578. The molecule has 2 aromatic rings. The molecule has 110 valence electrons. The van der Waals surface area contributed by atoms with Crippen molar-refractivity contribution in [3.63, 3.8) is 0 Å². The Balaban J connectivity index is 2.22. The highest BCUT2D eigenvalue weighted by Gasteiger charge is 2.13. The Kier molecular flexibility index (Phi) is 4.44. The van der Waals surface area contributed by atoms with Crippen molar-refractivity contribution >= 4 is 17.7 Å². The predicted molar refractivity (Wildman–Crippen MR) is 74.7 cm³/mol. The summed E-state index contributed by atoms with van der Waals surface area (Å²) in [6, 6.07) is 1.50. The van der Waals surface area contributed by atoms with Crippen LogP contribution in [0.4, 0.5) is 11.8 Å². The molecule has 2 rings (SSSR count). The monoisotopic (exact) mass is 290 g/mol. The quantitative estimate of drug-likeness (QED) is 0.822. The first-order valence-corrected chi connectivity index (χ1v) is 5.94. The number of carbonyl (C=O) groups is 1. The highest BCUT2D eigenvalue weighted by atomic mass is 16.5. The Morgan fingerprint density at radius 2 is 1.76 bits per heavy atom. The molecular weight excluding hydrogens is 276 g/mol. The molecule has 1 amide bonds. The molecule has 0 saturated carbocycles. The van der Waals surface area contributed by atoms with Crippen LogP contribution in [0.25, 0.3) is 0 Å². The zero-order valence-corrected chi connectivity index (χ0v) is 11.7. The van der Waals surface area contributed by atoms with Crippen LogP contribution in [0.1, 0.15) is 10.5 Å². The van der Waals surface area contributed by atoms with Gasteiger partial charge in [-0.3, -0.25) is 15.1 Å². The van der Waals surface area contributed by atoms with Crippen molar-refractivity contribution in [2.75, 3.05) is 31.9 Å². The second-order valence-corrected chi connectivity index (χ2v) is 3.77. The Labute approximate surface area is 120 Å². The van der Waals surface area contributed by atoms with Gasteiger partial charge in [0.25, 0.3) is 5.91 Å². The summed E-state index contributed by atoms with van der Waals surface area (Å²) in [5, 5.41) is 5.31. The van der Waals surface area contributed by atoms with Crippen LogP contribution in [0.3, 0.4) is 0 Å². The van der Waals surface area contributed by atoms with Crippen LogP contribution >= 0.6 is 0 Å². The SMILES string of the molecule is CNc1cncc(C(=O)Nc2nc(OC)cc(OC)n2)n1. The molecule has 0 aliphatic heterocycles. The van der Waals surface area contributed by atoms with Crippen LogP contribution in [0.2, 0.25) is 0 Å². The number of carbonyl (C=O) groups excluding carboxylic acids is 1. The van der Waals surface area contributed by atoms with Gasteiger partial charge in [-0.1, -0.05) is 0 Å². The molecular formula is C12H14N6O3. The molecule has 0 radical (unpaired) electrons. The van der Waals surface area contributed by atoms with E-state index < -0.39 is 5.91 Å². The Morgan fingerprint density at radius 1 is 1.10 bits per heavy atom. The van der Waals surface area contributed by atoms with Crippen LogP contribution < -0.4 is 20.1 Å². The lowest BCUT2D eigenvalue weighted by Gasteiger charge is -2.07. The number of anilines is 2. The molecule has 0 aliphatic rings. The summed E-state index contributed by atoms with van der Waals surface area (Å²) < 4.78 is 10.0. The van der Waals surface area contributed by atoms with Gasteiger partial charge >= 0.3 is 0 Å². The maximum atomic E-state index is 12.1. The van der Waals surface area contributed by atoms with Crippen molar-refractivity contribution in [2.24, 2.45) is 0 Å². The zero-order valence-electron chi connectivity index (χ0n) is 11.7. The first-order chi connectivity index (χ1) is 10.2. The largest absolute Gasteiger partial charge is 0.481 e. The van der Waals surface area contributed by atoms with Crippen LogP contribution in [0, 0.1) is 0 Å². The molecule has 0 bridgehead atoms. The molecule has 2 N–H and O–H groups in total. The van der Waals surface area contributed by atoms with Crippen LogP contribution in [-0.2, 0) is 0 Å². The maximum Gasteiger partial charge on any atom is 0.278 e. The lowest BCUT2D eigenvalue weighted by atomic mass is 10.4. The second kappa shape index (κ2) is 6.46. The van der Waals surface area contributed by atoms with Crippen molar-refractivity contribution in [3.8, 4) is 11.8 Å². The number of methoxy groups -OCH3 is 2. The smallest absolute Gasteiger partial charge is 0.278 e. The van der Waals surface area contributed by atoms with E-state index in [2.05, 4.69) is 30.6 Å². The van der Waals surface area contributed by atoms with E-state index in [0.717, 1.165) is 0 Å². The van der Waals surface area contributed by atoms with Crippen molar-refractivity contribution in [1.82, 2.24) is 19.9 Å². The number of aromatic nitrogens is 4. The van der Waals surface area contributed by atoms with Crippen molar-refractivity contribution in [3.05, 3.63) is 24.2 Å². The van der Waals surface area contributed by atoms with Gasteiger partial charge in [-0.15, -0.1) is 0 Å². The van der Waals surface area contributed by atoms with Gasteiger partial charge in [-0.25, -0.2) is 4.98 Å². The van der Waals surface area contributed by atoms with Crippen molar-refractivity contribution < 1.29 is 14.3 Å². The fourth-order valence-electron chi connectivity index (χ4n) is 1.43. The van der Waals surface area contributed by atoms with Crippen LogP contribution in [0.15, 0.2) is 18.5 Å². The standard InChI is InChI=1S/C12H14N6O3/c1-13-8-6-14-5-7(15-8)11(19)18-12-16-9(20-2)4-10(17-12)21-3/h4-6H,1-3H3,(H,13,15)(H,16,17,18,19). The lowest BCUT2D eigenvalue weighted by molar-refractivity contribution is 0.102. The number of rotatable bonds is 5. The van der Waals surface area contributed by atoms with Gasteiger partial charge in [-0.05, 0) is 0 Å². The number of hydrogen-bond donors (Lipinski definition) is 2. The van der Waals surface area contributed by atoms with Gasteiger partial charge in [0, 0.05) is 7.05 Å². The minimum Gasteiger partial charge on any atom is -0.481 e. The number of hydrogen-bond acceptors (Lipinski definition) is 8. The van der Waals surface area contributed by atoms with E-state index in [-0.39, 0.29) is 23.4 Å². The van der Waals surface area contributed by atoms with Gasteiger partial charge in [0.1, 0.15) is 11.5 Å². The molecule has 9 nitrogen and oxygen atoms in total. The van der Waals surface area contributed by atoms with Crippen LogP contribution in [-0.4, -0.2) is 47.1 Å². The molecule has 9 heteroatoms. The molecule has 2 heterocycles. The molecule has 21 heavy (non-hydrogen) atoms. The van der Waals surface area contributed by atoms with Gasteiger partial charge in [0.2, 0.25) is 17.7 Å². The topological polar surface area (TPSA) is 111 Å². The molecule has 0 unspecified atom stereocenters. The fourth-order valence-corrected chi connectivity index (χ4v) is 1.43. The molecule has 0 aromatic carbocycles. The van der Waals surface area contributed by atoms with E-state index in [9.17, 15) is 4.79 Å². The van der Waals surface area contributed by atoms with E-state index in [0.29, 0.717) is 5.82 Å². The third kappa shape index (κ3) is 3.53. The highest BCUT2D eigenvalue weighted by Crippen LogP contribution is 2.17. The van der Waals surface area contributed by atoms with E-state index in [1.165, 1.54) is 32.7 Å². The van der Waals surface area contributed by atoms with Gasteiger partial charge < -0.3 is 14.8 Å². The van der Waals surface area contributed by atoms with E-state index in [1.807, 2.05) is 0 Å². The van der Waals surface area contributed by atoms with Gasteiger partial charge in [0.15, 0.2) is 0 Å². The fraction of sp³-hybridized carbons (Fsp3) is 0.250. The number of ether oxygens (including phenoxy) is 2. The van der Waals surface area contributed by atoms with Crippen LogP contribution in [0.5, 0.6) is 11.8 Å². The zero-order chi connectivity index (χ0) is 15.2. The second-order valence-electron chi connectivity index (χ2n) is 3.77. The molecule has 0 fully saturated rings. The summed E-state index contributed by atoms with van der Waals surface area (Å²) in [7, 11) is 4.59. The molecule has 2 aromatic heterocycles. The maximum absolute atomic E-state index is 12.1. The first kappa shape index (κ1) is 14.4. The average molecular weight is 290 g/mol.